The van der Waals surface area contributed by atoms with Gasteiger partial charge in [0.15, 0.2) is 0 Å². The van der Waals surface area contributed by atoms with E-state index < -0.39 is 0 Å². The molecule has 3 heteroatoms. The molecule has 0 saturated heterocycles. The minimum absolute atomic E-state index is 0.0599. The van der Waals surface area contributed by atoms with Crippen LogP contribution in [0.5, 0.6) is 0 Å². The van der Waals surface area contributed by atoms with Crippen LogP contribution in [-0.2, 0) is 0 Å². The van der Waals surface area contributed by atoms with Gasteiger partial charge < -0.3 is 0 Å². The second-order valence-corrected chi connectivity index (χ2v) is 14.1. The van der Waals surface area contributed by atoms with Crippen molar-refractivity contribution < 1.29 is 0 Å². The number of rotatable bonds is 4. The van der Waals surface area contributed by atoms with Crippen LogP contribution >= 0.6 is 11.8 Å². The lowest BCUT2D eigenvalue weighted by Crippen LogP contribution is -2.15. The van der Waals surface area contributed by atoms with Crippen molar-refractivity contribution in [2.75, 3.05) is 5.75 Å². The summed E-state index contributed by atoms with van der Waals surface area (Å²) >= 11 is 1.80. The summed E-state index contributed by atoms with van der Waals surface area (Å²) in [7, 11) is 0. The number of fused-ring (bicyclic) bond motifs is 4. The zero-order valence-electron chi connectivity index (χ0n) is 26.4. The summed E-state index contributed by atoms with van der Waals surface area (Å²) in [6, 6.07) is 53.1. The van der Waals surface area contributed by atoms with E-state index in [4.69, 9.17) is 9.98 Å². The summed E-state index contributed by atoms with van der Waals surface area (Å²) in [5, 5.41) is 11.0. The van der Waals surface area contributed by atoms with Gasteiger partial charge in [0.05, 0.1) is 16.9 Å². The highest BCUT2D eigenvalue weighted by Gasteiger charge is 2.27. The lowest BCUT2D eigenvalue weighted by atomic mass is 9.84. The minimum atomic E-state index is -0.0599. The van der Waals surface area contributed by atoms with Crippen molar-refractivity contribution in [2.24, 2.45) is 4.99 Å². The van der Waals surface area contributed by atoms with Gasteiger partial charge in [0.25, 0.3) is 0 Å². The summed E-state index contributed by atoms with van der Waals surface area (Å²) in [6.45, 7) is 4.37. The lowest BCUT2D eigenvalue weighted by molar-refractivity contribution is 0.605. The SMILES string of the molecule is CC1(C)CSC(c2cccc(-c3ccc4c(-c5ccc6ccccc6c5)c5ccccc5c(-c5ccc6ccccc6c5)c4c3)n2)=N1. The normalized spacial score (nSPS) is 14.3. The monoisotopic (exact) mass is 620 g/mol. The molecule has 0 N–H and O–H groups in total. The third-order valence-electron chi connectivity index (χ3n) is 9.33. The molecule has 7 aromatic carbocycles. The van der Waals surface area contributed by atoms with Crippen molar-refractivity contribution in [3.8, 4) is 33.5 Å². The fourth-order valence-electron chi connectivity index (χ4n) is 7.08. The maximum absolute atomic E-state index is 5.17. The topological polar surface area (TPSA) is 25.2 Å². The highest BCUT2D eigenvalue weighted by Crippen LogP contribution is 2.45. The molecule has 0 aliphatic carbocycles. The van der Waals surface area contributed by atoms with Crippen molar-refractivity contribution in [1.82, 2.24) is 4.98 Å². The first-order chi connectivity index (χ1) is 23.0. The van der Waals surface area contributed by atoms with Gasteiger partial charge in [0.1, 0.15) is 5.04 Å². The Hall–Kier alpha value is -5.25. The number of pyridine rings is 1. The van der Waals surface area contributed by atoms with Gasteiger partial charge in [-0.3, -0.25) is 4.99 Å². The molecule has 0 spiro atoms. The van der Waals surface area contributed by atoms with Gasteiger partial charge in [-0.25, -0.2) is 4.98 Å². The van der Waals surface area contributed by atoms with Crippen LogP contribution in [0.3, 0.4) is 0 Å². The van der Waals surface area contributed by atoms with E-state index in [1.54, 1.807) is 11.8 Å². The van der Waals surface area contributed by atoms with E-state index in [2.05, 4.69) is 159 Å². The second-order valence-electron chi connectivity index (χ2n) is 13.1. The molecule has 1 aliphatic heterocycles. The zero-order chi connectivity index (χ0) is 31.5. The van der Waals surface area contributed by atoms with E-state index in [-0.39, 0.29) is 5.54 Å². The highest BCUT2D eigenvalue weighted by molar-refractivity contribution is 8.14. The standard InChI is InChI=1S/C44H32N2S/c1-44(2)27-47-43(46-44)40-17-9-16-39(45-40)32-22-23-37-38(26-32)42(34-21-19-29-11-4-6-13-31(29)25-34)36-15-8-7-14-35(36)41(37)33-20-18-28-10-3-5-12-30(28)24-33/h3-26H,27H2,1-2H3. The molecule has 8 aromatic rings. The first-order valence-electron chi connectivity index (χ1n) is 16.2. The molecule has 1 aromatic heterocycles. The average molecular weight is 621 g/mol. The van der Waals surface area contributed by atoms with Gasteiger partial charge in [-0.2, -0.15) is 0 Å². The maximum atomic E-state index is 5.17. The number of thioether (sulfide) groups is 1. The van der Waals surface area contributed by atoms with Crippen LogP contribution in [0.4, 0.5) is 0 Å². The van der Waals surface area contributed by atoms with Gasteiger partial charge in [0, 0.05) is 11.3 Å². The predicted octanol–water partition coefficient (Wildman–Crippen LogP) is 12.0. The minimum Gasteiger partial charge on any atom is -0.269 e. The van der Waals surface area contributed by atoms with E-state index in [0.29, 0.717) is 0 Å². The second kappa shape index (κ2) is 10.9. The van der Waals surface area contributed by atoms with Crippen LogP contribution < -0.4 is 0 Å². The van der Waals surface area contributed by atoms with E-state index in [9.17, 15) is 0 Å². The van der Waals surface area contributed by atoms with E-state index in [0.717, 1.165) is 27.7 Å². The van der Waals surface area contributed by atoms with Gasteiger partial charge in [-0.1, -0.05) is 115 Å². The molecule has 0 atom stereocenters. The Morgan fingerprint density at radius 3 is 1.62 bits per heavy atom. The molecule has 1 aliphatic rings. The molecule has 0 amide bonds. The van der Waals surface area contributed by atoms with E-state index in [1.807, 2.05) is 0 Å². The van der Waals surface area contributed by atoms with Crippen LogP contribution in [0.2, 0.25) is 0 Å². The first kappa shape index (κ1) is 28.0. The predicted molar refractivity (Wildman–Crippen MR) is 204 cm³/mol. The molecule has 224 valence electrons. The van der Waals surface area contributed by atoms with Crippen LogP contribution in [0.15, 0.2) is 151 Å². The maximum Gasteiger partial charge on any atom is 0.117 e. The molecule has 9 rings (SSSR count). The molecular formula is C44H32N2S. The largest absolute Gasteiger partial charge is 0.269 e. The Morgan fingerprint density at radius 1 is 0.468 bits per heavy atom. The quantitative estimate of drug-likeness (QED) is 0.183. The van der Waals surface area contributed by atoms with Crippen LogP contribution in [0.25, 0.3) is 76.6 Å². The smallest absolute Gasteiger partial charge is 0.117 e. The van der Waals surface area contributed by atoms with Crippen molar-refractivity contribution in [3.05, 3.63) is 151 Å². The third kappa shape index (κ3) is 4.90. The third-order valence-corrected chi connectivity index (χ3v) is 10.8. The number of hydrogen-bond acceptors (Lipinski definition) is 3. The number of aromatic nitrogens is 1. The Morgan fingerprint density at radius 2 is 1.00 bits per heavy atom. The first-order valence-corrected chi connectivity index (χ1v) is 17.2. The number of benzene rings is 7. The molecular weight excluding hydrogens is 589 g/mol. The summed E-state index contributed by atoms with van der Waals surface area (Å²) in [6.07, 6.45) is 0. The van der Waals surface area contributed by atoms with Gasteiger partial charge in [-0.15, -0.1) is 11.8 Å². The molecule has 0 bridgehead atoms. The summed E-state index contributed by atoms with van der Waals surface area (Å²) in [5.74, 6) is 0.976. The van der Waals surface area contributed by atoms with Crippen LogP contribution in [-0.4, -0.2) is 21.3 Å². The zero-order valence-corrected chi connectivity index (χ0v) is 27.2. The Labute approximate surface area is 278 Å². The molecule has 47 heavy (non-hydrogen) atoms. The Balaban J connectivity index is 1.34. The van der Waals surface area contributed by atoms with Crippen molar-refractivity contribution in [1.29, 1.82) is 0 Å². The molecule has 0 fully saturated rings. The fourth-order valence-corrected chi connectivity index (χ4v) is 8.21. The van der Waals surface area contributed by atoms with Crippen molar-refractivity contribution >= 4 is 59.9 Å². The fraction of sp³-hybridized carbons (Fsp3) is 0.0909. The lowest BCUT2D eigenvalue weighted by Gasteiger charge is -2.19. The van der Waals surface area contributed by atoms with E-state index in [1.165, 1.54) is 65.3 Å². The van der Waals surface area contributed by atoms with Crippen LogP contribution in [0.1, 0.15) is 19.5 Å². The molecule has 0 saturated carbocycles. The van der Waals surface area contributed by atoms with E-state index >= 15 is 0 Å². The summed E-state index contributed by atoms with van der Waals surface area (Å²) in [5.41, 5.74) is 7.90. The van der Waals surface area contributed by atoms with Gasteiger partial charge in [-0.05, 0) is 110 Å². The van der Waals surface area contributed by atoms with Gasteiger partial charge >= 0.3 is 0 Å². The molecule has 0 unspecified atom stereocenters. The number of hydrogen-bond donors (Lipinski definition) is 0. The summed E-state index contributed by atoms with van der Waals surface area (Å²) in [4.78, 5) is 10.1. The molecule has 2 heterocycles. The van der Waals surface area contributed by atoms with Crippen molar-refractivity contribution in [2.45, 2.75) is 19.4 Å². The Kier molecular flexibility index (Phi) is 6.51. The number of aliphatic imine (C=N–C) groups is 1. The Bertz CT molecular complexity index is 2560. The van der Waals surface area contributed by atoms with Crippen molar-refractivity contribution in [3.63, 3.8) is 0 Å². The number of nitrogens with zero attached hydrogens (tertiary/aromatic N) is 2. The van der Waals surface area contributed by atoms with Gasteiger partial charge in [0.2, 0.25) is 0 Å². The average Bonchev–Trinajstić information content (AvgIpc) is 3.49. The molecule has 0 radical (unpaired) electrons. The highest BCUT2D eigenvalue weighted by atomic mass is 32.2. The van der Waals surface area contributed by atoms with Crippen LogP contribution in [0, 0.1) is 0 Å². The summed E-state index contributed by atoms with van der Waals surface area (Å²) < 4.78 is 0. The molecule has 2 nitrogen and oxygen atoms in total.